The van der Waals surface area contributed by atoms with Gasteiger partial charge in [-0.25, -0.2) is 4.39 Å². The summed E-state index contributed by atoms with van der Waals surface area (Å²) < 4.78 is 20.1. The Hall–Kier alpha value is -1.65. The van der Waals surface area contributed by atoms with E-state index in [-0.39, 0.29) is 16.3 Å². The Morgan fingerprint density at radius 2 is 2.08 bits per heavy atom. The number of piperidine rings is 1. The molecule has 0 radical (unpaired) electrons. The molecule has 0 amide bonds. The Balaban J connectivity index is 1.62. The van der Waals surface area contributed by atoms with Gasteiger partial charge >= 0.3 is 0 Å². The first-order valence-electron chi connectivity index (χ1n) is 8.24. The van der Waals surface area contributed by atoms with Crippen molar-refractivity contribution >= 4 is 11.6 Å². The third kappa shape index (κ3) is 4.25. The van der Waals surface area contributed by atoms with Crippen LogP contribution in [0, 0.1) is 11.2 Å². The molecular weight excluding hydrogens is 327 g/mol. The smallest absolute Gasteiger partial charge is 0.146 e. The van der Waals surface area contributed by atoms with Gasteiger partial charge in [-0.1, -0.05) is 30.7 Å². The second-order valence-electron chi connectivity index (χ2n) is 6.81. The third-order valence-corrected chi connectivity index (χ3v) is 4.81. The van der Waals surface area contributed by atoms with E-state index in [1.54, 1.807) is 30.6 Å². The summed E-state index contributed by atoms with van der Waals surface area (Å²) in [4.78, 5) is 6.28. The number of halogens is 2. The van der Waals surface area contributed by atoms with E-state index in [1.165, 1.54) is 0 Å². The predicted molar refractivity (Wildman–Crippen MR) is 93.8 cm³/mol. The van der Waals surface area contributed by atoms with E-state index in [0.29, 0.717) is 18.7 Å². The van der Waals surface area contributed by atoms with Crippen molar-refractivity contribution in [3.05, 3.63) is 59.1 Å². The molecule has 1 aromatic carbocycles. The maximum atomic E-state index is 14.1. The van der Waals surface area contributed by atoms with E-state index in [0.717, 1.165) is 31.7 Å². The minimum atomic E-state index is -0.306. The van der Waals surface area contributed by atoms with Crippen molar-refractivity contribution in [1.29, 1.82) is 0 Å². The van der Waals surface area contributed by atoms with Gasteiger partial charge in [-0.3, -0.25) is 9.88 Å². The molecule has 1 unspecified atom stereocenters. The molecular formula is C19H22ClFN2O. The number of likely N-dealkylation sites (tertiary alicyclic amines) is 1. The fourth-order valence-electron chi connectivity index (χ4n) is 3.28. The molecule has 3 nitrogen and oxygen atoms in total. The standard InChI is InChI=1S/C19H22ClFN2O/c1-19(14-24-16-6-9-22-10-7-16)8-3-11-23(13-19)12-15-4-2-5-17(20)18(15)21/h2,4-7,9-10H,3,8,11-14H2,1H3. The SMILES string of the molecule is CC1(COc2ccncc2)CCCN(Cc2cccc(Cl)c2F)C1. The van der Waals surface area contributed by atoms with Gasteiger partial charge in [0, 0.05) is 36.5 Å². The number of pyridine rings is 1. The second kappa shape index (κ2) is 7.49. The average Bonchev–Trinajstić information content (AvgIpc) is 2.58. The molecule has 0 saturated carbocycles. The molecule has 0 aliphatic carbocycles. The highest BCUT2D eigenvalue weighted by molar-refractivity contribution is 6.30. The van der Waals surface area contributed by atoms with Gasteiger partial charge in [0.2, 0.25) is 0 Å². The van der Waals surface area contributed by atoms with Crippen molar-refractivity contribution in [3.63, 3.8) is 0 Å². The molecule has 1 saturated heterocycles. The summed E-state index contributed by atoms with van der Waals surface area (Å²) in [5, 5.41) is 0.188. The Morgan fingerprint density at radius 3 is 2.88 bits per heavy atom. The maximum absolute atomic E-state index is 14.1. The summed E-state index contributed by atoms with van der Waals surface area (Å²) in [5.41, 5.74) is 0.707. The fourth-order valence-corrected chi connectivity index (χ4v) is 3.48. The number of aromatic nitrogens is 1. The minimum Gasteiger partial charge on any atom is -0.493 e. The van der Waals surface area contributed by atoms with Gasteiger partial charge < -0.3 is 4.74 Å². The van der Waals surface area contributed by atoms with Gasteiger partial charge in [0.25, 0.3) is 0 Å². The predicted octanol–water partition coefficient (Wildman–Crippen LogP) is 4.56. The summed E-state index contributed by atoms with van der Waals surface area (Å²) in [5.74, 6) is 0.531. The lowest BCUT2D eigenvalue weighted by atomic mass is 9.82. The van der Waals surface area contributed by atoms with Crippen molar-refractivity contribution in [2.45, 2.75) is 26.3 Å². The molecule has 5 heteroatoms. The normalized spacial score (nSPS) is 21.6. The quantitative estimate of drug-likeness (QED) is 0.792. The summed E-state index contributed by atoms with van der Waals surface area (Å²) in [7, 11) is 0. The van der Waals surface area contributed by atoms with Crippen LogP contribution in [0.1, 0.15) is 25.3 Å². The van der Waals surface area contributed by atoms with Crippen LogP contribution in [0.4, 0.5) is 4.39 Å². The maximum Gasteiger partial charge on any atom is 0.146 e. The zero-order valence-corrected chi connectivity index (χ0v) is 14.6. The molecule has 2 aromatic rings. The van der Waals surface area contributed by atoms with Crippen LogP contribution >= 0.6 is 11.6 Å². The van der Waals surface area contributed by atoms with E-state index >= 15 is 0 Å². The van der Waals surface area contributed by atoms with Crippen LogP contribution < -0.4 is 4.74 Å². The molecule has 0 N–H and O–H groups in total. The molecule has 24 heavy (non-hydrogen) atoms. The molecule has 1 fully saturated rings. The van der Waals surface area contributed by atoms with E-state index in [1.807, 2.05) is 12.1 Å². The molecule has 3 rings (SSSR count). The average molecular weight is 349 g/mol. The molecule has 1 aromatic heterocycles. The number of nitrogens with zero attached hydrogens (tertiary/aromatic N) is 2. The van der Waals surface area contributed by atoms with Gasteiger partial charge in [-0.2, -0.15) is 0 Å². The first-order chi connectivity index (χ1) is 11.6. The van der Waals surface area contributed by atoms with Crippen LogP contribution in [0.2, 0.25) is 5.02 Å². The van der Waals surface area contributed by atoms with Gasteiger partial charge in [-0.05, 0) is 37.6 Å². The van der Waals surface area contributed by atoms with E-state index < -0.39 is 0 Å². The lowest BCUT2D eigenvalue weighted by molar-refractivity contribution is 0.0517. The van der Waals surface area contributed by atoms with E-state index in [2.05, 4.69) is 16.8 Å². The molecule has 128 valence electrons. The van der Waals surface area contributed by atoms with Crippen molar-refractivity contribution in [2.24, 2.45) is 5.41 Å². The monoisotopic (exact) mass is 348 g/mol. The first kappa shape index (κ1) is 17.2. The largest absolute Gasteiger partial charge is 0.493 e. The van der Waals surface area contributed by atoms with Crippen LogP contribution in [0.15, 0.2) is 42.7 Å². The molecule has 1 aliphatic heterocycles. The van der Waals surface area contributed by atoms with Crippen LogP contribution in [0.25, 0.3) is 0 Å². The van der Waals surface area contributed by atoms with Gasteiger partial charge in [0.15, 0.2) is 0 Å². The number of benzene rings is 1. The highest BCUT2D eigenvalue weighted by atomic mass is 35.5. The molecule has 1 atom stereocenters. The molecule has 2 heterocycles. The summed E-state index contributed by atoms with van der Waals surface area (Å²) in [6.07, 6.45) is 5.64. The van der Waals surface area contributed by atoms with Crippen molar-refractivity contribution in [1.82, 2.24) is 9.88 Å². The van der Waals surface area contributed by atoms with Gasteiger partial charge in [-0.15, -0.1) is 0 Å². The second-order valence-corrected chi connectivity index (χ2v) is 7.22. The third-order valence-electron chi connectivity index (χ3n) is 4.52. The van der Waals surface area contributed by atoms with Crippen molar-refractivity contribution in [2.75, 3.05) is 19.7 Å². The van der Waals surface area contributed by atoms with Crippen molar-refractivity contribution in [3.8, 4) is 5.75 Å². The fraction of sp³-hybridized carbons (Fsp3) is 0.421. The molecule has 1 aliphatic rings. The topological polar surface area (TPSA) is 25.4 Å². The number of hydrogen-bond donors (Lipinski definition) is 0. The number of ether oxygens (including phenoxy) is 1. The summed E-state index contributed by atoms with van der Waals surface area (Å²) in [6.45, 7) is 5.30. The van der Waals surface area contributed by atoms with Gasteiger partial charge in [0.05, 0.1) is 11.6 Å². The Bertz CT molecular complexity index is 682. The zero-order valence-electron chi connectivity index (χ0n) is 13.8. The number of hydrogen-bond acceptors (Lipinski definition) is 3. The summed E-state index contributed by atoms with van der Waals surface area (Å²) in [6, 6.07) is 8.93. The minimum absolute atomic E-state index is 0.0522. The number of rotatable bonds is 5. The van der Waals surface area contributed by atoms with Crippen LogP contribution in [-0.4, -0.2) is 29.6 Å². The Morgan fingerprint density at radius 1 is 1.29 bits per heavy atom. The highest BCUT2D eigenvalue weighted by Crippen LogP contribution is 2.31. The molecule has 0 spiro atoms. The zero-order chi connectivity index (χ0) is 17.0. The van der Waals surface area contributed by atoms with E-state index in [4.69, 9.17) is 16.3 Å². The Kier molecular flexibility index (Phi) is 5.36. The lowest BCUT2D eigenvalue weighted by Gasteiger charge is -2.40. The highest BCUT2D eigenvalue weighted by Gasteiger charge is 2.32. The first-order valence-corrected chi connectivity index (χ1v) is 8.62. The van der Waals surface area contributed by atoms with E-state index in [9.17, 15) is 4.39 Å². The van der Waals surface area contributed by atoms with Crippen LogP contribution in [-0.2, 0) is 6.54 Å². The lowest BCUT2D eigenvalue weighted by Crippen LogP contribution is -2.44. The van der Waals surface area contributed by atoms with Crippen molar-refractivity contribution < 1.29 is 9.13 Å². The van der Waals surface area contributed by atoms with Crippen LogP contribution in [0.3, 0.4) is 0 Å². The van der Waals surface area contributed by atoms with Crippen LogP contribution in [0.5, 0.6) is 5.75 Å². The Labute approximate surface area is 147 Å². The summed E-state index contributed by atoms with van der Waals surface area (Å²) >= 11 is 5.89. The molecule has 0 bridgehead atoms. The van der Waals surface area contributed by atoms with Gasteiger partial charge in [0.1, 0.15) is 11.6 Å².